The average Bonchev–Trinajstić information content (AvgIpc) is 3.34. The maximum Gasteiger partial charge on any atom is 0.250 e. The Morgan fingerprint density at radius 1 is 1.08 bits per heavy atom. The zero-order valence-corrected chi connectivity index (χ0v) is 20.6. The third-order valence-corrected chi connectivity index (χ3v) is 5.98. The number of phenols is 1. The van der Waals surface area contributed by atoms with Gasteiger partial charge in [0.2, 0.25) is 0 Å². The van der Waals surface area contributed by atoms with Crippen molar-refractivity contribution < 1.29 is 19.4 Å². The fourth-order valence-electron chi connectivity index (χ4n) is 3.35. The molecule has 3 aromatic carbocycles. The van der Waals surface area contributed by atoms with E-state index in [1.165, 1.54) is 18.0 Å². The molecule has 0 saturated carbocycles. The Hall–Kier alpha value is -4.31. The van der Waals surface area contributed by atoms with Gasteiger partial charge in [-0.3, -0.25) is 9.36 Å². The molecule has 0 aliphatic rings. The van der Waals surface area contributed by atoms with Gasteiger partial charge in [0, 0.05) is 16.8 Å². The number of rotatable bonds is 10. The van der Waals surface area contributed by atoms with Gasteiger partial charge in [0.15, 0.2) is 22.5 Å². The zero-order valence-electron chi connectivity index (χ0n) is 19.8. The Labute approximate surface area is 212 Å². The van der Waals surface area contributed by atoms with Gasteiger partial charge in [-0.1, -0.05) is 48.2 Å². The van der Waals surface area contributed by atoms with E-state index in [0.717, 1.165) is 17.0 Å². The van der Waals surface area contributed by atoms with E-state index in [9.17, 15) is 9.90 Å². The summed E-state index contributed by atoms with van der Waals surface area (Å²) < 4.78 is 12.5. The fraction of sp³-hybridized carbons (Fsp3) is 0.154. The predicted molar refractivity (Wildman–Crippen MR) is 139 cm³/mol. The predicted octanol–water partition coefficient (Wildman–Crippen LogP) is 4.29. The van der Waals surface area contributed by atoms with E-state index in [2.05, 4.69) is 20.7 Å². The zero-order chi connectivity index (χ0) is 25.3. The molecule has 0 aliphatic heterocycles. The number of carbonyl (C=O) groups is 1. The fourth-order valence-corrected chi connectivity index (χ4v) is 4.10. The lowest BCUT2D eigenvalue weighted by Gasteiger charge is -2.11. The molecule has 0 spiro atoms. The number of thioether (sulfide) groups is 1. The van der Waals surface area contributed by atoms with E-state index in [1.807, 2.05) is 66.1 Å². The van der Waals surface area contributed by atoms with Crippen LogP contribution in [0.15, 0.2) is 83.1 Å². The van der Waals surface area contributed by atoms with Gasteiger partial charge >= 0.3 is 0 Å². The van der Waals surface area contributed by atoms with Crippen molar-refractivity contribution in [3.63, 3.8) is 0 Å². The molecule has 1 heterocycles. The van der Waals surface area contributed by atoms with Crippen LogP contribution in [0.2, 0.25) is 0 Å². The topological polar surface area (TPSA) is 111 Å². The number of phenolic OH excluding ortho intramolecular Hbond substituents is 1. The van der Waals surface area contributed by atoms with Crippen LogP contribution in [-0.2, 0) is 4.79 Å². The Bertz CT molecular complexity index is 1340. The normalized spacial score (nSPS) is 10.9. The van der Waals surface area contributed by atoms with E-state index < -0.39 is 0 Å². The molecule has 1 amide bonds. The van der Waals surface area contributed by atoms with Crippen LogP contribution in [0.1, 0.15) is 12.5 Å². The quantitative estimate of drug-likeness (QED) is 0.189. The highest BCUT2D eigenvalue weighted by atomic mass is 32.2. The minimum Gasteiger partial charge on any atom is -0.504 e. The van der Waals surface area contributed by atoms with E-state index in [4.69, 9.17) is 9.47 Å². The van der Waals surface area contributed by atoms with E-state index >= 15 is 0 Å². The second kappa shape index (κ2) is 11.9. The Morgan fingerprint density at radius 3 is 2.58 bits per heavy atom. The number of para-hydroxylation sites is 1. The van der Waals surface area contributed by atoms with Crippen molar-refractivity contribution in [2.75, 3.05) is 19.5 Å². The molecular formula is C26H25N5O4S. The second-order valence-electron chi connectivity index (χ2n) is 7.41. The second-order valence-corrected chi connectivity index (χ2v) is 8.36. The van der Waals surface area contributed by atoms with Crippen LogP contribution in [0.4, 0.5) is 0 Å². The summed E-state index contributed by atoms with van der Waals surface area (Å²) in [4.78, 5) is 12.5. The third-order valence-electron chi connectivity index (χ3n) is 5.05. The molecule has 0 aliphatic carbocycles. The first-order valence-electron chi connectivity index (χ1n) is 11.2. The highest BCUT2D eigenvalue weighted by molar-refractivity contribution is 7.99. The molecule has 0 radical (unpaired) electrons. The molecule has 4 rings (SSSR count). The molecule has 184 valence electrons. The van der Waals surface area contributed by atoms with Crippen molar-refractivity contribution >= 4 is 23.9 Å². The molecule has 1 aromatic heterocycles. The number of hydrazone groups is 1. The van der Waals surface area contributed by atoms with Crippen molar-refractivity contribution in [1.29, 1.82) is 0 Å². The van der Waals surface area contributed by atoms with Gasteiger partial charge in [0.1, 0.15) is 5.75 Å². The highest BCUT2D eigenvalue weighted by Gasteiger charge is 2.17. The molecule has 36 heavy (non-hydrogen) atoms. The number of ether oxygens (including phenoxy) is 2. The number of aromatic nitrogens is 3. The monoisotopic (exact) mass is 503 g/mol. The van der Waals surface area contributed by atoms with E-state index in [1.54, 1.807) is 25.3 Å². The molecule has 10 heteroatoms. The molecule has 0 saturated heterocycles. The van der Waals surface area contributed by atoms with Crippen LogP contribution in [-0.4, -0.2) is 51.5 Å². The molecule has 0 unspecified atom stereocenters. The summed E-state index contributed by atoms with van der Waals surface area (Å²) >= 11 is 1.24. The molecule has 9 nitrogen and oxygen atoms in total. The van der Waals surface area contributed by atoms with Crippen LogP contribution in [0.5, 0.6) is 17.2 Å². The van der Waals surface area contributed by atoms with Crippen molar-refractivity contribution in [2.45, 2.75) is 12.1 Å². The number of nitrogens with zero attached hydrogens (tertiary/aromatic N) is 4. The SMILES string of the molecule is CCOc1cccc(/C=N\NC(=O)CSc2nnc(-c3ccccc3)n2-c2ccc(OC)cc2)c1O. The summed E-state index contributed by atoms with van der Waals surface area (Å²) in [5.41, 5.74) is 4.64. The number of amides is 1. The van der Waals surface area contributed by atoms with Gasteiger partial charge in [0.05, 0.1) is 25.7 Å². The number of hydrogen-bond donors (Lipinski definition) is 2. The van der Waals surface area contributed by atoms with Gasteiger partial charge < -0.3 is 14.6 Å². The minimum atomic E-state index is -0.331. The lowest BCUT2D eigenvalue weighted by Crippen LogP contribution is -2.20. The summed E-state index contributed by atoms with van der Waals surface area (Å²) in [5, 5.41) is 23.5. The number of benzene rings is 3. The van der Waals surface area contributed by atoms with Gasteiger partial charge in [-0.15, -0.1) is 10.2 Å². The number of methoxy groups -OCH3 is 1. The Balaban J connectivity index is 1.48. The molecule has 0 fully saturated rings. The van der Waals surface area contributed by atoms with Crippen LogP contribution in [0.25, 0.3) is 17.1 Å². The molecule has 0 bridgehead atoms. The summed E-state index contributed by atoms with van der Waals surface area (Å²) in [5.74, 6) is 1.44. The van der Waals surface area contributed by atoms with Crippen LogP contribution in [0, 0.1) is 0 Å². The van der Waals surface area contributed by atoms with Crippen LogP contribution < -0.4 is 14.9 Å². The highest BCUT2D eigenvalue weighted by Crippen LogP contribution is 2.29. The number of nitrogens with one attached hydrogen (secondary N) is 1. The largest absolute Gasteiger partial charge is 0.504 e. The van der Waals surface area contributed by atoms with E-state index in [0.29, 0.717) is 28.9 Å². The van der Waals surface area contributed by atoms with Crippen LogP contribution >= 0.6 is 11.8 Å². The van der Waals surface area contributed by atoms with Crippen molar-refractivity contribution in [1.82, 2.24) is 20.2 Å². The molecule has 4 aromatic rings. The first kappa shape index (κ1) is 24.8. The molecule has 2 N–H and O–H groups in total. The van der Waals surface area contributed by atoms with Crippen molar-refractivity contribution in [3.05, 3.63) is 78.4 Å². The Kier molecular flexibility index (Phi) is 8.20. The standard InChI is InChI=1S/C26H25N5O4S/c1-3-35-22-11-7-10-19(24(22)33)16-27-28-23(32)17-36-26-30-29-25(18-8-5-4-6-9-18)31(26)20-12-14-21(34-2)15-13-20/h4-16,33H,3,17H2,1-2H3,(H,28,32)/b27-16-. The maximum absolute atomic E-state index is 12.5. The molecule has 0 atom stereocenters. The number of carbonyl (C=O) groups excluding carboxylic acids is 1. The molecular weight excluding hydrogens is 478 g/mol. The van der Waals surface area contributed by atoms with Crippen molar-refractivity contribution in [3.8, 4) is 34.3 Å². The first-order chi connectivity index (χ1) is 17.6. The van der Waals surface area contributed by atoms with Gasteiger partial charge in [-0.05, 0) is 43.3 Å². The number of aromatic hydroxyl groups is 1. The van der Waals surface area contributed by atoms with Gasteiger partial charge in [-0.2, -0.15) is 5.10 Å². The van der Waals surface area contributed by atoms with Gasteiger partial charge in [0.25, 0.3) is 5.91 Å². The summed E-state index contributed by atoms with van der Waals surface area (Å²) in [6.45, 7) is 2.26. The van der Waals surface area contributed by atoms with Gasteiger partial charge in [-0.25, -0.2) is 5.43 Å². The lowest BCUT2D eigenvalue weighted by molar-refractivity contribution is -0.118. The maximum atomic E-state index is 12.5. The third kappa shape index (κ3) is 5.84. The number of hydrogen-bond acceptors (Lipinski definition) is 8. The van der Waals surface area contributed by atoms with E-state index in [-0.39, 0.29) is 17.4 Å². The van der Waals surface area contributed by atoms with Crippen molar-refractivity contribution in [2.24, 2.45) is 5.10 Å². The Morgan fingerprint density at radius 2 is 1.86 bits per heavy atom. The van der Waals surface area contributed by atoms with Crippen LogP contribution in [0.3, 0.4) is 0 Å². The first-order valence-corrected chi connectivity index (χ1v) is 12.1. The summed E-state index contributed by atoms with van der Waals surface area (Å²) in [6, 6.07) is 22.3. The average molecular weight is 504 g/mol. The smallest absolute Gasteiger partial charge is 0.250 e. The minimum absolute atomic E-state index is 0.0345. The lowest BCUT2D eigenvalue weighted by atomic mass is 10.2. The summed E-state index contributed by atoms with van der Waals surface area (Å²) in [6.07, 6.45) is 1.37. The summed E-state index contributed by atoms with van der Waals surface area (Å²) in [7, 11) is 1.61.